The van der Waals surface area contributed by atoms with Gasteiger partial charge in [0, 0.05) is 37.8 Å². The van der Waals surface area contributed by atoms with Crippen molar-refractivity contribution in [3.63, 3.8) is 0 Å². The van der Waals surface area contributed by atoms with E-state index in [2.05, 4.69) is 21.8 Å². The van der Waals surface area contributed by atoms with Gasteiger partial charge in [-0.2, -0.15) is 0 Å². The van der Waals surface area contributed by atoms with Crippen LogP contribution < -0.4 is 4.90 Å². The number of aryl methyl sites for hydroxylation is 1. The van der Waals surface area contributed by atoms with Crippen molar-refractivity contribution in [2.45, 2.75) is 23.1 Å². The van der Waals surface area contributed by atoms with Gasteiger partial charge in [0.15, 0.2) is 0 Å². The standard InChI is InChI=1S/C22H25N3O2S/c1-3-17-16-20(25-14-12-24(2)13-15-25)21-19(10-7-11-23-21)22(17)28(26,27)18-8-5-4-6-9-18/h4-11,16H,3,12-15H2,1-2H3. The summed E-state index contributed by atoms with van der Waals surface area (Å²) in [5.41, 5.74) is 2.64. The number of benzene rings is 2. The zero-order chi connectivity index (χ0) is 19.7. The summed E-state index contributed by atoms with van der Waals surface area (Å²) in [7, 11) is -1.51. The molecular weight excluding hydrogens is 370 g/mol. The van der Waals surface area contributed by atoms with Crippen LogP contribution in [0, 0.1) is 0 Å². The number of likely N-dealkylation sites (N-methyl/N-ethyl adjacent to an activating group) is 1. The third kappa shape index (κ3) is 3.27. The molecule has 6 heteroatoms. The Balaban J connectivity index is 1.95. The summed E-state index contributed by atoms with van der Waals surface area (Å²) >= 11 is 0. The summed E-state index contributed by atoms with van der Waals surface area (Å²) in [6, 6.07) is 14.4. The van der Waals surface area contributed by atoms with Gasteiger partial charge in [-0.1, -0.05) is 25.1 Å². The van der Waals surface area contributed by atoms with Crippen molar-refractivity contribution in [1.29, 1.82) is 0 Å². The minimum atomic E-state index is -3.63. The van der Waals surface area contributed by atoms with Crippen molar-refractivity contribution < 1.29 is 8.42 Å². The van der Waals surface area contributed by atoms with Crippen molar-refractivity contribution in [3.8, 4) is 0 Å². The smallest absolute Gasteiger partial charge is 0.207 e. The Kier molecular flexibility index (Phi) is 5.08. The molecule has 1 aromatic heterocycles. The number of nitrogens with zero attached hydrogens (tertiary/aromatic N) is 3. The Hall–Kier alpha value is -2.44. The summed E-state index contributed by atoms with van der Waals surface area (Å²) in [5.74, 6) is 0. The second-order valence-corrected chi connectivity index (χ2v) is 9.13. The molecule has 2 aromatic carbocycles. The number of sulfone groups is 1. The van der Waals surface area contributed by atoms with Gasteiger partial charge in [-0.15, -0.1) is 0 Å². The van der Waals surface area contributed by atoms with Gasteiger partial charge in [-0.3, -0.25) is 4.98 Å². The fourth-order valence-electron chi connectivity index (χ4n) is 3.85. The highest BCUT2D eigenvalue weighted by atomic mass is 32.2. The predicted octanol–water partition coefficient (Wildman–Crippen LogP) is 3.38. The molecule has 1 saturated heterocycles. The van der Waals surface area contributed by atoms with E-state index in [1.165, 1.54) is 0 Å². The fraction of sp³-hybridized carbons (Fsp3) is 0.318. The largest absolute Gasteiger partial charge is 0.367 e. The number of hydrogen-bond donors (Lipinski definition) is 0. The van der Waals surface area contributed by atoms with Crippen LogP contribution >= 0.6 is 0 Å². The maximum absolute atomic E-state index is 13.5. The molecule has 0 amide bonds. The summed E-state index contributed by atoms with van der Waals surface area (Å²) < 4.78 is 27.0. The normalized spacial score (nSPS) is 15.9. The Labute approximate surface area is 166 Å². The first-order valence-corrected chi connectivity index (χ1v) is 11.1. The Morgan fingerprint density at radius 2 is 1.71 bits per heavy atom. The van der Waals surface area contributed by atoms with Gasteiger partial charge in [0.05, 0.1) is 21.0 Å². The third-order valence-electron chi connectivity index (χ3n) is 5.44. The molecule has 0 saturated carbocycles. The first-order chi connectivity index (χ1) is 13.5. The second-order valence-electron chi connectivity index (χ2n) is 7.24. The van der Waals surface area contributed by atoms with Crippen LogP contribution in [-0.4, -0.2) is 51.5 Å². The van der Waals surface area contributed by atoms with E-state index in [9.17, 15) is 8.42 Å². The Bertz CT molecular complexity index is 1090. The second kappa shape index (κ2) is 7.53. The summed E-state index contributed by atoms with van der Waals surface area (Å²) in [5, 5.41) is 0.708. The van der Waals surface area contributed by atoms with Crippen LogP contribution in [-0.2, 0) is 16.3 Å². The molecule has 28 heavy (non-hydrogen) atoms. The van der Waals surface area contributed by atoms with Crippen LogP contribution in [0.2, 0.25) is 0 Å². The highest BCUT2D eigenvalue weighted by Crippen LogP contribution is 2.37. The number of aromatic nitrogens is 1. The van der Waals surface area contributed by atoms with Crippen molar-refractivity contribution in [2.24, 2.45) is 0 Å². The van der Waals surface area contributed by atoms with Gasteiger partial charge >= 0.3 is 0 Å². The van der Waals surface area contributed by atoms with E-state index in [1.807, 2.05) is 31.2 Å². The fourth-order valence-corrected chi connectivity index (χ4v) is 5.60. The van der Waals surface area contributed by atoms with Crippen molar-refractivity contribution in [3.05, 3.63) is 60.3 Å². The van der Waals surface area contributed by atoms with Gasteiger partial charge in [0.2, 0.25) is 9.84 Å². The Morgan fingerprint density at radius 1 is 1.00 bits per heavy atom. The molecule has 0 aliphatic carbocycles. The minimum Gasteiger partial charge on any atom is -0.367 e. The van der Waals surface area contributed by atoms with Gasteiger partial charge < -0.3 is 9.80 Å². The number of hydrogen-bond acceptors (Lipinski definition) is 5. The monoisotopic (exact) mass is 395 g/mol. The molecule has 0 spiro atoms. The van der Waals surface area contributed by atoms with E-state index in [0.717, 1.165) is 42.9 Å². The molecule has 0 unspecified atom stereocenters. The summed E-state index contributed by atoms with van der Waals surface area (Å²) in [6.45, 7) is 5.81. The molecule has 146 valence electrons. The van der Waals surface area contributed by atoms with Crippen LogP contribution in [0.3, 0.4) is 0 Å². The number of anilines is 1. The number of fused-ring (bicyclic) bond motifs is 1. The van der Waals surface area contributed by atoms with Crippen molar-refractivity contribution >= 4 is 26.4 Å². The first-order valence-electron chi connectivity index (χ1n) is 9.66. The maximum atomic E-state index is 13.5. The number of rotatable bonds is 4. The van der Waals surface area contributed by atoms with E-state index in [1.54, 1.807) is 30.5 Å². The average molecular weight is 396 g/mol. The van der Waals surface area contributed by atoms with Gasteiger partial charge in [-0.05, 0) is 49.4 Å². The lowest BCUT2D eigenvalue weighted by Gasteiger charge is -2.35. The number of piperazine rings is 1. The molecule has 0 bridgehead atoms. The molecule has 0 atom stereocenters. The van der Waals surface area contributed by atoms with Gasteiger partial charge in [-0.25, -0.2) is 8.42 Å². The van der Waals surface area contributed by atoms with Crippen LogP contribution in [0.5, 0.6) is 0 Å². The lowest BCUT2D eigenvalue weighted by atomic mass is 10.1. The van der Waals surface area contributed by atoms with Crippen LogP contribution in [0.1, 0.15) is 12.5 Å². The molecular formula is C22H25N3O2S. The average Bonchev–Trinajstić information content (AvgIpc) is 2.73. The minimum absolute atomic E-state index is 0.321. The lowest BCUT2D eigenvalue weighted by molar-refractivity contribution is 0.313. The third-order valence-corrected chi connectivity index (χ3v) is 7.36. The van der Waals surface area contributed by atoms with E-state index in [-0.39, 0.29) is 0 Å². The molecule has 4 rings (SSSR count). The molecule has 1 fully saturated rings. The van der Waals surface area contributed by atoms with Gasteiger partial charge in [0.25, 0.3) is 0 Å². The predicted molar refractivity (Wildman–Crippen MR) is 113 cm³/mol. The highest BCUT2D eigenvalue weighted by Gasteiger charge is 2.27. The number of pyridine rings is 1. The van der Waals surface area contributed by atoms with E-state index >= 15 is 0 Å². The van der Waals surface area contributed by atoms with E-state index < -0.39 is 9.84 Å². The Morgan fingerprint density at radius 3 is 2.39 bits per heavy atom. The van der Waals surface area contributed by atoms with E-state index in [4.69, 9.17) is 0 Å². The molecule has 5 nitrogen and oxygen atoms in total. The SMILES string of the molecule is CCc1cc(N2CCN(C)CC2)c2ncccc2c1S(=O)(=O)c1ccccc1. The van der Waals surface area contributed by atoms with Crippen molar-refractivity contribution in [1.82, 2.24) is 9.88 Å². The summed E-state index contributed by atoms with van der Waals surface area (Å²) in [4.78, 5) is 9.94. The highest BCUT2D eigenvalue weighted by molar-refractivity contribution is 7.91. The van der Waals surface area contributed by atoms with Crippen molar-refractivity contribution in [2.75, 3.05) is 38.1 Å². The van der Waals surface area contributed by atoms with Crippen LogP contribution in [0.15, 0.2) is 64.5 Å². The molecule has 0 radical (unpaired) electrons. The molecule has 1 aliphatic rings. The van der Waals surface area contributed by atoms with Gasteiger partial charge in [0.1, 0.15) is 0 Å². The quantitative estimate of drug-likeness (QED) is 0.678. The molecule has 0 N–H and O–H groups in total. The van der Waals surface area contributed by atoms with Crippen LogP contribution in [0.25, 0.3) is 10.9 Å². The zero-order valence-electron chi connectivity index (χ0n) is 16.3. The molecule has 3 aromatic rings. The molecule has 2 heterocycles. The maximum Gasteiger partial charge on any atom is 0.207 e. The summed E-state index contributed by atoms with van der Waals surface area (Å²) in [6.07, 6.45) is 2.39. The molecule has 1 aliphatic heterocycles. The first kappa shape index (κ1) is 18.9. The zero-order valence-corrected chi connectivity index (χ0v) is 17.1. The van der Waals surface area contributed by atoms with E-state index in [0.29, 0.717) is 21.6 Å². The van der Waals surface area contributed by atoms with Crippen LogP contribution in [0.4, 0.5) is 5.69 Å². The topological polar surface area (TPSA) is 53.5 Å². The lowest BCUT2D eigenvalue weighted by Crippen LogP contribution is -2.44.